The van der Waals surface area contributed by atoms with Crippen LogP contribution in [-0.4, -0.2) is 18.4 Å². The number of hydrogen-bond donors (Lipinski definition) is 1. The highest BCUT2D eigenvalue weighted by Crippen LogP contribution is 2.32. The minimum atomic E-state index is -0.594. The summed E-state index contributed by atoms with van der Waals surface area (Å²) in [4.78, 5) is 25.4. The number of rotatable bonds is 5. The van der Waals surface area contributed by atoms with Gasteiger partial charge in [-0.2, -0.15) is 0 Å². The molecule has 0 spiro atoms. The highest BCUT2D eigenvalue weighted by Gasteiger charge is 2.29. The maximum absolute atomic E-state index is 14.0. The number of carbonyl (C=O) groups excluding carboxylic acids is 2. The first-order valence-corrected chi connectivity index (χ1v) is 9.57. The molecule has 3 rings (SSSR count). The SMILES string of the molecule is Cc1cc(C=CC(N)=O)cc(C)c1N1CC(Cc2ccc(F)cc2F)CCC1=O. The molecule has 152 valence electrons. The van der Waals surface area contributed by atoms with E-state index in [1.807, 2.05) is 26.0 Å². The van der Waals surface area contributed by atoms with E-state index in [-0.39, 0.29) is 11.8 Å². The lowest BCUT2D eigenvalue weighted by Gasteiger charge is -2.35. The quantitative estimate of drug-likeness (QED) is 0.772. The topological polar surface area (TPSA) is 63.4 Å². The summed E-state index contributed by atoms with van der Waals surface area (Å²) in [6.07, 6.45) is 4.45. The van der Waals surface area contributed by atoms with E-state index in [0.717, 1.165) is 28.4 Å². The van der Waals surface area contributed by atoms with Crippen LogP contribution >= 0.6 is 0 Å². The Morgan fingerprint density at radius 1 is 1.21 bits per heavy atom. The molecule has 0 saturated carbocycles. The summed E-state index contributed by atoms with van der Waals surface area (Å²) in [6.45, 7) is 4.31. The number of hydrogen-bond acceptors (Lipinski definition) is 2. The molecule has 0 aliphatic carbocycles. The van der Waals surface area contributed by atoms with E-state index >= 15 is 0 Å². The van der Waals surface area contributed by atoms with Gasteiger partial charge in [-0.3, -0.25) is 9.59 Å². The molecule has 2 amide bonds. The molecule has 29 heavy (non-hydrogen) atoms. The lowest BCUT2D eigenvalue weighted by atomic mass is 9.89. The van der Waals surface area contributed by atoms with Crippen LogP contribution in [0.1, 0.15) is 35.1 Å². The summed E-state index contributed by atoms with van der Waals surface area (Å²) >= 11 is 0. The van der Waals surface area contributed by atoms with Gasteiger partial charge >= 0.3 is 0 Å². The van der Waals surface area contributed by atoms with E-state index in [1.165, 1.54) is 18.2 Å². The second kappa shape index (κ2) is 8.55. The number of benzene rings is 2. The molecule has 1 aliphatic rings. The van der Waals surface area contributed by atoms with Gasteiger partial charge in [0.15, 0.2) is 0 Å². The van der Waals surface area contributed by atoms with Gasteiger partial charge in [0.2, 0.25) is 11.8 Å². The molecule has 1 unspecified atom stereocenters. The van der Waals surface area contributed by atoms with Crippen molar-refractivity contribution < 1.29 is 18.4 Å². The van der Waals surface area contributed by atoms with Crippen LogP contribution in [-0.2, 0) is 16.0 Å². The fraction of sp³-hybridized carbons (Fsp3) is 0.304. The highest BCUT2D eigenvalue weighted by atomic mass is 19.1. The van der Waals surface area contributed by atoms with E-state index in [2.05, 4.69) is 0 Å². The maximum atomic E-state index is 14.0. The highest BCUT2D eigenvalue weighted by molar-refractivity contribution is 5.96. The van der Waals surface area contributed by atoms with Crippen LogP contribution in [0.5, 0.6) is 0 Å². The Bertz CT molecular complexity index is 962. The zero-order valence-corrected chi connectivity index (χ0v) is 16.5. The summed E-state index contributed by atoms with van der Waals surface area (Å²) in [5.74, 6) is -1.55. The van der Waals surface area contributed by atoms with Crippen LogP contribution in [0.25, 0.3) is 6.08 Å². The third kappa shape index (κ3) is 4.88. The standard InChI is InChI=1S/C23H24F2N2O2/c1-14-9-16(3-7-21(26)28)10-15(2)23(14)27-13-17(4-8-22(27)29)11-18-5-6-19(24)12-20(18)25/h3,5-7,9-10,12,17H,4,8,11,13H2,1-2H3,(H2,26,28). The molecule has 4 nitrogen and oxygen atoms in total. The molecule has 0 aromatic heterocycles. The average Bonchev–Trinajstić information content (AvgIpc) is 2.64. The van der Waals surface area contributed by atoms with Crippen molar-refractivity contribution in [3.63, 3.8) is 0 Å². The van der Waals surface area contributed by atoms with Gasteiger partial charge in [0.05, 0.1) is 0 Å². The minimum Gasteiger partial charge on any atom is -0.366 e. The third-order valence-corrected chi connectivity index (χ3v) is 5.26. The average molecular weight is 398 g/mol. The number of aryl methyl sites for hydroxylation is 2. The van der Waals surface area contributed by atoms with Gasteiger partial charge in [-0.15, -0.1) is 0 Å². The van der Waals surface area contributed by atoms with Crippen molar-refractivity contribution in [2.75, 3.05) is 11.4 Å². The number of halogens is 2. The van der Waals surface area contributed by atoms with E-state index < -0.39 is 17.5 Å². The number of nitrogens with two attached hydrogens (primary N) is 1. The molecule has 1 saturated heterocycles. The Hall–Kier alpha value is -3.02. The summed E-state index contributed by atoms with van der Waals surface area (Å²) in [7, 11) is 0. The molecule has 6 heteroatoms. The van der Waals surface area contributed by atoms with Crippen molar-refractivity contribution in [1.29, 1.82) is 0 Å². The van der Waals surface area contributed by atoms with Crippen LogP contribution in [0.4, 0.5) is 14.5 Å². The lowest BCUT2D eigenvalue weighted by molar-refractivity contribution is -0.120. The first kappa shape index (κ1) is 20.7. The molecule has 2 N–H and O–H groups in total. The number of primary amides is 1. The predicted octanol–water partition coefficient (Wildman–Crippen LogP) is 4.07. The van der Waals surface area contributed by atoms with Gasteiger partial charge in [0.25, 0.3) is 0 Å². The fourth-order valence-electron chi connectivity index (χ4n) is 3.98. The van der Waals surface area contributed by atoms with E-state index in [4.69, 9.17) is 5.73 Å². The zero-order chi connectivity index (χ0) is 21.1. The lowest BCUT2D eigenvalue weighted by Crippen LogP contribution is -2.41. The molecular weight excluding hydrogens is 374 g/mol. The van der Waals surface area contributed by atoms with Gasteiger partial charge in [0.1, 0.15) is 11.6 Å². The molecule has 2 aromatic rings. The molecular formula is C23H24F2N2O2. The first-order valence-electron chi connectivity index (χ1n) is 9.57. The van der Waals surface area contributed by atoms with Gasteiger partial charge < -0.3 is 10.6 Å². The molecule has 1 aliphatic heterocycles. The molecule has 2 aromatic carbocycles. The van der Waals surface area contributed by atoms with E-state index in [9.17, 15) is 18.4 Å². The number of amides is 2. The number of nitrogens with zero attached hydrogens (tertiary/aromatic N) is 1. The number of piperidine rings is 1. The van der Waals surface area contributed by atoms with Crippen molar-refractivity contribution in [3.8, 4) is 0 Å². The van der Waals surface area contributed by atoms with E-state index in [1.54, 1.807) is 11.0 Å². The molecule has 1 atom stereocenters. The van der Waals surface area contributed by atoms with Crippen molar-refractivity contribution >= 4 is 23.6 Å². The van der Waals surface area contributed by atoms with Crippen molar-refractivity contribution in [2.24, 2.45) is 11.7 Å². The fourth-order valence-corrected chi connectivity index (χ4v) is 3.98. The Morgan fingerprint density at radius 2 is 1.90 bits per heavy atom. The Kier molecular flexibility index (Phi) is 6.11. The monoisotopic (exact) mass is 398 g/mol. The van der Waals surface area contributed by atoms with Crippen molar-refractivity contribution in [3.05, 3.63) is 70.3 Å². The first-order chi connectivity index (χ1) is 13.7. The summed E-state index contributed by atoms with van der Waals surface area (Å²) in [6, 6.07) is 7.43. The number of anilines is 1. The Balaban J connectivity index is 1.83. The van der Waals surface area contributed by atoms with Gasteiger partial charge in [-0.05, 0) is 79.1 Å². The smallest absolute Gasteiger partial charge is 0.241 e. The van der Waals surface area contributed by atoms with Crippen LogP contribution < -0.4 is 10.6 Å². The van der Waals surface area contributed by atoms with Crippen molar-refractivity contribution in [2.45, 2.75) is 33.1 Å². The van der Waals surface area contributed by atoms with Crippen LogP contribution in [0.2, 0.25) is 0 Å². The second-order valence-corrected chi connectivity index (χ2v) is 7.59. The minimum absolute atomic E-state index is 0.0347. The normalized spacial score (nSPS) is 17.2. The number of carbonyl (C=O) groups is 2. The van der Waals surface area contributed by atoms with E-state index in [0.29, 0.717) is 31.4 Å². The van der Waals surface area contributed by atoms with Gasteiger partial charge in [-0.25, -0.2) is 8.78 Å². The Labute approximate surface area is 169 Å². The Morgan fingerprint density at radius 3 is 2.52 bits per heavy atom. The molecule has 1 fully saturated rings. The molecule has 1 heterocycles. The second-order valence-electron chi connectivity index (χ2n) is 7.59. The summed E-state index contributed by atoms with van der Waals surface area (Å²) < 4.78 is 27.2. The van der Waals surface area contributed by atoms with Crippen LogP contribution in [0, 0.1) is 31.4 Å². The zero-order valence-electron chi connectivity index (χ0n) is 16.5. The third-order valence-electron chi connectivity index (χ3n) is 5.26. The summed E-state index contributed by atoms with van der Waals surface area (Å²) in [5, 5.41) is 0. The maximum Gasteiger partial charge on any atom is 0.241 e. The van der Waals surface area contributed by atoms with Crippen LogP contribution in [0.15, 0.2) is 36.4 Å². The van der Waals surface area contributed by atoms with Gasteiger partial charge in [-0.1, -0.05) is 6.07 Å². The van der Waals surface area contributed by atoms with Crippen LogP contribution in [0.3, 0.4) is 0 Å². The summed E-state index contributed by atoms with van der Waals surface area (Å²) in [5.41, 5.74) is 9.12. The largest absolute Gasteiger partial charge is 0.366 e. The molecule has 0 radical (unpaired) electrons. The molecule has 0 bridgehead atoms. The predicted molar refractivity (Wildman–Crippen MR) is 109 cm³/mol. The van der Waals surface area contributed by atoms with Crippen molar-refractivity contribution in [1.82, 2.24) is 0 Å². The van der Waals surface area contributed by atoms with Gasteiger partial charge in [0, 0.05) is 30.8 Å².